The maximum Gasteiger partial charge on any atom is 0.179 e. The first-order valence-electron chi connectivity index (χ1n) is 14.3. The van der Waals surface area contributed by atoms with Crippen LogP contribution < -0.4 is 20.7 Å². The van der Waals surface area contributed by atoms with Crippen molar-refractivity contribution in [1.29, 1.82) is 0 Å². The zero-order chi connectivity index (χ0) is 27.9. The molecule has 0 spiro atoms. The minimum absolute atomic E-state index is 1.04. The van der Waals surface area contributed by atoms with Gasteiger partial charge < -0.3 is 0 Å². The van der Waals surface area contributed by atoms with Crippen molar-refractivity contribution in [2.24, 2.45) is 0 Å². The molecule has 0 aliphatic rings. The predicted molar refractivity (Wildman–Crippen MR) is 184 cm³/mol. The van der Waals surface area contributed by atoms with Crippen molar-refractivity contribution in [3.63, 3.8) is 0 Å². The lowest BCUT2D eigenvalue weighted by Crippen LogP contribution is -2.74. The van der Waals surface area contributed by atoms with Gasteiger partial charge in [0.2, 0.25) is 0 Å². The van der Waals surface area contributed by atoms with Crippen molar-refractivity contribution < 1.29 is 0 Å². The Kier molecular flexibility index (Phi) is 6.06. The molecule has 6 aromatic carbocycles. The highest BCUT2D eigenvalue weighted by Gasteiger charge is 2.41. The Morgan fingerprint density at radius 3 is 1.55 bits per heavy atom. The van der Waals surface area contributed by atoms with E-state index in [0.29, 0.717) is 0 Å². The highest BCUT2D eigenvalue weighted by atomic mass is 32.1. The number of nitrogens with zero attached hydrogens (tertiary/aromatic N) is 1. The summed E-state index contributed by atoms with van der Waals surface area (Å²) < 4.78 is 1.28. The van der Waals surface area contributed by atoms with Gasteiger partial charge in [0.25, 0.3) is 0 Å². The lowest BCUT2D eigenvalue weighted by molar-refractivity contribution is 1.46. The quantitative estimate of drug-likeness (QED) is 0.153. The summed E-state index contributed by atoms with van der Waals surface area (Å²) in [4.78, 5) is 6.48. The first-order valence-corrected chi connectivity index (χ1v) is 17.1. The number of thiophene rings is 1. The molecule has 8 aromatic rings. The fraction of sp³-hybridized carbons (Fsp3) is 0. The Labute approximate surface area is 250 Å². The van der Waals surface area contributed by atoms with Crippen LogP contribution in [-0.2, 0) is 0 Å². The molecule has 3 heteroatoms. The summed E-state index contributed by atoms with van der Waals surface area (Å²) in [5, 5.41) is 10.5. The minimum Gasteiger partial charge on any atom is -0.236 e. The van der Waals surface area contributed by atoms with Gasteiger partial charge in [-0.3, -0.25) is 0 Å². The van der Waals surface area contributed by atoms with Crippen LogP contribution in [0.3, 0.4) is 0 Å². The van der Waals surface area contributed by atoms with Crippen LogP contribution in [0.1, 0.15) is 0 Å². The van der Waals surface area contributed by atoms with Gasteiger partial charge in [-0.05, 0) is 32.2 Å². The molecule has 2 heterocycles. The summed E-state index contributed by atoms with van der Waals surface area (Å²) in [5.41, 5.74) is 2.20. The standard InChI is InChI=1S/C39H27NSSi/c1-4-16-29(17-5-1)42(30-18-6-2-7-19-30,31-20-8-3-9-21-31)32-22-14-15-28(27-32)38-34-24-11-10-23-33(34)37-35-25-12-13-26-36(35)41-39(37)40-38/h1-27H. The predicted octanol–water partition coefficient (Wildman–Crippen LogP) is 7.65. The van der Waals surface area contributed by atoms with Crippen LogP contribution in [0.15, 0.2) is 164 Å². The number of aromatic nitrogens is 1. The second-order valence-corrected chi connectivity index (χ2v) is 15.6. The lowest BCUT2D eigenvalue weighted by atomic mass is 10.0. The van der Waals surface area contributed by atoms with Gasteiger partial charge in [-0.1, -0.05) is 158 Å². The van der Waals surface area contributed by atoms with E-state index in [1.54, 1.807) is 11.3 Å². The third kappa shape index (κ3) is 3.86. The van der Waals surface area contributed by atoms with Gasteiger partial charge in [-0.25, -0.2) is 4.98 Å². The van der Waals surface area contributed by atoms with Crippen molar-refractivity contribution in [2.75, 3.05) is 0 Å². The molecule has 0 unspecified atom stereocenters. The number of fused-ring (bicyclic) bond motifs is 5. The van der Waals surface area contributed by atoms with Crippen molar-refractivity contribution in [3.05, 3.63) is 164 Å². The highest BCUT2D eigenvalue weighted by molar-refractivity contribution is 7.25. The molecular formula is C39H27NSSi. The van der Waals surface area contributed by atoms with Crippen LogP contribution in [0.4, 0.5) is 0 Å². The molecule has 0 amide bonds. The smallest absolute Gasteiger partial charge is 0.179 e. The van der Waals surface area contributed by atoms with Crippen LogP contribution in [0.5, 0.6) is 0 Å². The number of hydrogen-bond donors (Lipinski definition) is 0. The van der Waals surface area contributed by atoms with E-state index in [-0.39, 0.29) is 0 Å². The van der Waals surface area contributed by atoms with Crippen molar-refractivity contribution >= 4 is 71.2 Å². The minimum atomic E-state index is -2.64. The van der Waals surface area contributed by atoms with E-state index in [1.165, 1.54) is 47.0 Å². The molecule has 198 valence electrons. The zero-order valence-corrected chi connectivity index (χ0v) is 24.8. The molecule has 0 radical (unpaired) electrons. The average molecular weight is 570 g/mol. The Bertz CT molecular complexity index is 2090. The van der Waals surface area contributed by atoms with Gasteiger partial charge in [-0.2, -0.15) is 0 Å². The van der Waals surface area contributed by atoms with Gasteiger partial charge in [0.1, 0.15) is 4.83 Å². The molecule has 0 fully saturated rings. The Hall–Kier alpha value is -4.83. The summed E-state index contributed by atoms with van der Waals surface area (Å²) >= 11 is 1.78. The van der Waals surface area contributed by atoms with Crippen LogP contribution in [0.25, 0.3) is 42.3 Å². The Morgan fingerprint density at radius 2 is 0.929 bits per heavy atom. The average Bonchev–Trinajstić information content (AvgIpc) is 3.45. The molecule has 42 heavy (non-hydrogen) atoms. The molecule has 1 nitrogen and oxygen atoms in total. The van der Waals surface area contributed by atoms with E-state index < -0.39 is 8.07 Å². The van der Waals surface area contributed by atoms with Gasteiger partial charge in [0.05, 0.1) is 5.69 Å². The first kappa shape index (κ1) is 24.9. The SMILES string of the molecule is c1ccc([Si](c2ccccc2)(c2ccccc2)c2cccc(-c3nc4sc5ccccc5c4c4ccccc34)c2)cc1. The van der Waals surface area contributed by atoms with E-state index >= 15 is 0 Å². The fourth-order valence-electron chi connectivity index (χ4n) is 6.63. The number of rotatable bonds is 5. The maximum atomic E-state index is 5.39. The van der Waals surface area contributed by atoms with Gasteiger partial charge >= 0.3 is 0 Å². The molecule has 0 saturated heterocycles. The molecule has 0 bridgehead atoms. The number of hydrogen-bond acceptors (Lipinski definition) is 2. The normalized spacial score (nSPS) is 11.8. The fourth-order valence-corrected chi connectivity index (χ4v) is 12.5. The monoisotopic (exact) mass is 569 g/mol. The van der Waals surface area contributed by atoms with Gasteiger partial charge in [0, 0.05) is 26.4 Å². The molecular weight excluding hydrogens is 543 g/mol. The van der Waals surface area contributed by atoms with Gasteiger partial charge in [-0.15, -0.1) is 11.3 Å². The summed E-state index contributed by atoms with van der Waals surface area (Å²) in [6.45, 7) is 0. The lowest BCUT2D eigenvalue weighted by Gasteiger charge is -2.34. The van der Waals surface area contributed by atoms with Crippen LogP contribution in [-0.4, -0.2) is 13.1 Å². The molecule has 0 aliphatic heterocycles. The van der Waals surface area contributed by atoms with E-state index in [2.05, 4.69) is 164 Å². The third-order valence-corrected chi connectivity index (χ3v) is 14.3. The molecule has 8 rings (SSSR count). The number of benzene rings is 6. The Balaban J connectivity index is 1.44. The van der Waals surface area contributed by atoms with Crippen LogP contribution >= 0.6 is 11.3 Å². The maximum absolute atomic E-state index is 5.39. The largest absolute Gasteiger partial charge is 0.236 e. The highest BCUT2D eigenvalue weighted by Crippen LogP contribution is 2.40. The van der Waals surface area contributed by atoms with Gasteiger partial charge in [0.15, 0.2) is 8.07 Å². The summed E-state index contributed by atoms with van der Waals surface area (Å²) in [6, 6.07) is 60.0. The van der Waals surface area contributed by atoms with E-state index in [4.69, 9.17) is 4.98 Å². The Morgan fingerprint density at radius 1 is 0.429 bits per heavy atom. The molecule has 0 saturated carbocycles. The van der Waals surface area contributed by atoms with Crippen LogP contribution in [0.2, 0.25) is 0 Å². The van der Waals surface area contributed by atoms with Crippen molar-refractivity contribution in [3.8, 4) is 11.3 Å². The number of pyridine rings is 1. The summed E-state index contributed by atoms with van der Waals surface area (Å²) in [6.07, 6.45) is 0. The van der Waals surface area contributed by atoms with E-state index in [1.807, 2.05) is 0 Å². The van der Waals surface area contributed by atoms with Crippen molar-refractivity contribution in [1.82, 2.24) is 4.98 Å². The summed E-state index contributed by atoms with van der Waals surface area (Å²) in [7, 11) is -2.64. The van der Waals surface area contributed by atoms with E-state index in [9.17, 15) is 0 Å². The van der Waals surface area contributed by atoms with Crippen molar-refractivity contribution in [2.45, 2.75) is 0 Å². The molecule has 0 N–H and O–H groups in total. The summed E-state index contributed by atoms with van der Waals surface area (Å²) in [5.74, 6) is 0. The second-order valence-electron chi connectivity index (χ2n) is 10.7. The third-order valence-electron chi connectivity index (χ3n) is 8.43. The topological polar surface area (TPSA) is 12.9 Å². The molecule has 2 aromatic heterocycles. The van der Waals surface area contributed by atoms with E-state index in [0.717, 1.165) is 16.1 Å². The second kappa shape index (κ2) is 10.2. The zero-order valence-electron chi connectivity index (χ0n) is 22.9. The van der Waals surface area contributed by atoms with Crippen LogP contribution in [0, 0.1) is 0 Å². The first-order chi connectivity index (χ1) is 20.8. The molecule has 0 atom stereocenters. The molecule has 0 aliphatic carbocycles.